The molecule has 7 heteroatoms. The minimum Gasteiger partial charge on any atom is -0.350 e. The summed E-state index contributed by atoms with van der Waals surface area (Å²) < 4.78 is 12.9. The molecule has 2 N–H and O–H groups in total. The highest BCUT2D eigenvalue weighted by molar-refractivity contribution is 6.30. The van der Waals surface area contributed by atoms with Crippen LogP contribution in [0.2, 0.25) is 5.02 Å². The van der Waals surface area contributed by atoms with Crippen molar-refractivity contribution >= 4 is 23.5 Å². The normalized spacial score (nSPS) is 10.4. The average Bonchev–Trinajstić information content (AvgIpc) is 2.69. The van der Waals surface area contributed by atoms with Crippen molar-refractivity contribution in [3.05, 3.63) is 88.5 Å². The Morgan fingerprint density at radius 3 is 2.44 bits per heavy atom. The fraction of sp³-hybridized carbons (Fsp3) is 0.150. The predicted octanol–water partition coefficient (Wildman–Crippen LogP) is 3.85. The first-order valence-corrected chi connectivity index (χ1v) is 8.82. The molecule has 138 valence electrons. The van der Waals surface area contributed by atoms with Crippen molar-refractivity contribution in [3.8, 4) is 0 Å². The Hall–Kier alpha value is -2.99. The van der Waals surface area contributed by atoms with Gasteiger partial charge in [0.15, 0.2) is 0 Å². The number of halogens is 2. The summed E-state index contributed by atoms with van der Waals surface area (Å²) in [6.07, 6.45) is 2.14. The third-order valence-corrected chi connectivity index (χ3v) is 4.12. The number of nitrogens with one attached hydrogen (secondary N) is 2. The molecule has 0 atom stereocenters. The van der Waals surface area contributed by atoms with Crippen LogP contribution in [0.3, 0.4) is 0 Å². The second kappa shape index (κ2) is 9.09. The van der Waals surface area contributed by atoms with Gasteiger partial charge in [-0.25, -0.2) is 14.4 Å². The van der Waals surface area contributed by atoms with E-state index in [0.717, 1.165) is 11.1 Å². The Labute approximate surface area is 161 Å². The largest absolute Gasteiger partial charge is 0.350 e. The fourth-order valence-electron chi connectivity index (χ4n) is 2.42. The minimum atomic E-state index is -0.283. The lowest BCUT2D eigenvalue weighted by Gasteiger charge is -2.08. The van der Waals surface area contributed by atoms with Crippen LogP contribution in [0.25, 0.3) is 0 Å². The Balaban J connectivity index is 1.51. The van der Waals surface area contributed by atoms with Gasteiger partial charge in [-0.15, -0.1) is 0 Å². The van der Waals surface area contributed by atoms with Crippen LogP contribution < -0.4 is 10.6 Å². The molecule has 0 saturated heterocycles. The van der Waals surface area contributed by atoms with E-state index in [2.05, 4.69) is 20.6 Å². The number of anilines is 1. The van der Waals surface area contributed by atoms with E-state index in [9.17, 15) is 9.18 Å². The van der Waals surface area contributed by atoms with E-state index < -0.39 is 0 Å². The Morgan fingerprint density at radius 2 is 1.70 bits per heavy atom. The molecular weight excluding hydrogens is 367 g/mol. The SMILES string of the molecule is O=C(NCCc1ccc(F)cc1)c1ccnc(NCc2ccc(Cl)cc2)n1. The summed E-state index contributed by atoms with van der Waals surface area (Å²) in [6, 6.07) is 15.2. The first kappa shape index (κ1) is 18.8. The van der Waals surface area contributed by atoms with Gasteiger partial charge in [-0.1, -0.05) is 35.9 Å². The molecule has 3 aromatic rings. The third-order valence-electron chi connectivity index (χ3n) is 3.86. The van der Waals surface area contributed by atoms with Crippen LogP contribution in [0.1, 0.15) is 21.6 Å². The zero-order valence-corrected chi connectivity index (χ0v) is 15.2. The number of nitrogens with zero attached hydrogens (tertiary/aromatic N) is 2. The van der Waals surface area contributed by atoms with Crippen LogP contribution in [0, 0.1) is 5.82 Å². The fourth-order valence-corrected chi connectivity index (χ4v) is 2.54. The Kier molecular flexibility index (Phi) is 6.33. The van der Waals surface area contributed by atoms with E-state index in [4.69, 9.17) is 11.6 Å². The molecule has 1 aromatic heterocycles. The van der Waals surface area contributed by atoms with Gasteiger partial charge in [-0.3, -0.25) is 4.79 Å². The van der Waals surface area contributed by atoms with Crippen molar-refractivity contribution in [2.45, 2.75) is 13.0 Å². The lowest BCUT2D eigenvalue weighted by atomic mass is 10.1. The average molecular weight is 385 g/mol. The van der Waals surface area contributed by atoms with Crippen LogP contribution in [0.15, 0.2) is 60.8 Å². The summed E-state index contributed by atoms with van der Waals surface area (Å²) >= 11 is 5.87. The first-order valence-electron chi connectivity index (χ1n) is 8.44. The van der Waals surface area contributed by atoms with Crippen LogP contribution in [-0.2, 0) is 13.0 Å². The summed E-state index contributed by atoms with van der Waals surface area (Å²) in [7, 11) is 0. The van der Waals surface area contributed by atoms with E-state index in [0.29, 0.717) is 30.5 Å². The number of benzene rings is 2. The summed E-state index contributed by atoms with van der Waals surface area (Å²) in [5.74, 6) is -0.187. The molecule has 0 spiro atoms. The number of carbonyl (C=O) groups is 1. The maximum absolute atomic E-state index is 12.9. The topological polar surface area (TPSA) is 66.9 Å². The highest BCUT2D eigenvalue weighted by atomic mass is 35.5. The van der Waals surface area contributed by atoms with Crippen molar-refractivity contribution in [2.75, 3.05) is 11.9 Å². The van der Waals surface area contributed by atoms with E-state index in [-0.39, 0.29) is 17.4 Å². The van der Waals surface area contributed by atoms with Crippen molar-refractivity contribution in [1.29, 1.82) is 0 Å². The molecular formula is C20H18ClFN4O. The molecule has 0 aliphatic rings. The maximum atomic E-state index is 12.9. The molecule has 1 amide bonds. The zero-order chi connectivity index (χ0) is 19.1. The number of amides is 1. The molecule has 1 heterocycles. The molecule has 27 heavy (non-hydrogen) atoms. The lowest BCUT2D eigenvalue weighted by molar-refractivity contribution is 0.0949. The van der Waals surface area contributed by atoms with Crippen molar-refractivity contribution in [1.82, 2.24) is 15.3 Å². The summed E-state index contributed by atoms with van der Waals surface area (Å²) in [5.41, 5.74) is 2.25. The minimum absolute atomic E-state index is 0.276. The van der Waals surface area contributed by atoms with E-state index in [1.165, 1.54) is 18.3 Å². The van der Waals surface area contributed by atoms with Gasteiger partial charge in [0.05, 0.1) is 0 Å². The standard InChI is InChI=1S/C20H18ClFN4O/c21-16-5-1-15(2-6-16)13-25-20-24-12-10-18(26-20)19(27)23-11-9-14-3-7-17(22)8-4-14/h1-8,10,12H,9,11,13H2,(H,23,27)(H,24,25,26). The zero-order valence-electron chi connectivity index (χ0n) is 14.5. The van der Waals surface area contributed by atoms with Crippen LogP contribution in [-0.4, -0.2) is 22.4 Å². The van der Waals surface area contributed by atoms with Crippen LogP contribution in [0.5, 0.6) is 0 Å². The van der Waals surface area contributed by atoms with Gasteiger partial charge in [0.2, 0.25) is 5.95 Å². The molecule has 0 aliphatic carbocycles. The van der Waals surface area contributed by atoms with Gasteiger partial charge in [0.1, 0.15) is 11.5 Å². The summed E-state index contributed by atoms with van der Waals surface area (Å²) in [5, 5.41) is 6.56. The van der Waals surface area contributed by atoms with Gasteiger partial charge < -0.3 is 10.6 Å². The summed E-state index contributed by atoms with van der Waals surface area (Å²) in [6.45, 7) is 0.953. The van der Waals surface area contributed by atoms with E-state index in [1.54, 1.807) is 18.2 Å². The van der Waals surface area contributed by atoms with Crippen LogP contribution in [0.4, 0.5) is 10.3 Å². The number of aromatic nitrogens is 2. The monoisotopic (exact) mass is 384 g/mol. The first-order chi connectivity index (χ1) is 13.1. The van der Waals surface area contributed by atoms with Gasteiger partial charge in [0, 0.05) is 24.3 Å². The van der Waals surface area contributed by atoms with Crippen molar-refractivity contribution in [3.63, 3.8) is 0 Å². The van der Waals surface area contributed by atoms with Gasteiger partial charge in [-0.05, 0) is 47.9 Å². The molecule has 0 fully saturated rings. The van der Waals surface area contributed by atoms with Gasteiger partial charge >= 0.3 is 0 Å². The molecule has 0 unspecified atom stereocenters. The number of hydrogen-bond donors (Lipinski definition) is 2. The molecule has 0 radical (unpaired) electrons. The number of carbonyl (C=O) groups excluding carboxylic acids is 1. The van der Waals surface area contributed by atoms with E-state index >= 15 is 0 Å². The highest BCUT2D eigenvalue weighted by Gasteiger charge is 2.08. The molecule has 2 aromatic carbocycles. The lowest BCUT2D eigenvalue weighted by Crippen LogP contribution is -2.26. The Morgan fingerprint density at radius 1 is 1.00 bits per heavy atom. The molecule has 0 aliphatic heterocycles. The smallest absolute Gasteiger partial charge is 0.270 e. The quantitative estimate of drug-likeness (QED) is 0.649. The summed E-state index contributed by atoms with van der Waals surface area (Å²) in [4.78, 5) is 20.6. The predicted molar refractivity (Wildman–Crippen MR) is 103 cm³/mol. The number of rotatable bonds is 7. The van der Waals surface area contributed by atoms with Gasteiger partial charge in [-0.2, -0.15) is 0 Å². The second-order valence-corrected chi connectivity index (χ2v) is 6.31. The Bertz CT molecular complexity index is 901. The van der Waals surface area contributed by atoms with Crippen molar-refractivity contribution < 1.29 is 9.18 Å². The molecule has 5 nitrogen and oxygen atoms in total. The van der Waals surface area contributed by atoms with Gasteiger partial charge in [0.25, 0.3) is 5.91 Å². The number of hydrogen-bond acceptors (Lipinski definition) is 4. The third kappa shape index (κ3) is 5.76. The molecule has 0 saturated carbocycles. The van der Waals surface area contributed by atoms with Crippen LogP contribution >= 0.6 is 11.6 Å². The molecule has 0 bridgehead atoms. The van der Waals surface area contributed by atoms with E-state index in [1.807, 2.05) is 24.3 Å². The molecule has 3 rings (SSSR count). The van der Waals surface area contributed by atoms with Crippen molar-refractivity contribution in [2.24, 2.45) is 0 Å². The second-order valence-electron chi connectivity index (χ2n) is 5.88. The maximum Gasteiger partial charge on any atom is 0.270 e. The highest BCUT2D eigenvalue weighted by Crippen LogP contribution is 2.11.